The molecule has 21 heavy (non-hydrogen) atoms. The summed E-state index contributed by atoms with van der Waals surface area (Å²) in [5.74, 6) is -0.347. The van der Waals surface area contributed by atoms with E-state index in [0.717, 1.165) is 11.8 Å². The highest BCUT2D eigenvalue weighted by Gasteiger charge is 2.24. The molecule has 1 N–H and O–H groups in total. The first-order valence-corrected chi connectivity index (χ1v) is 8.95. The van der Waals surface area contributed by atoms with Crippen molar-refractivity contribution in [2.45, 2.75) is 32.9 Å². The highest BCUT2D eigenvalue weighted by Crippen LogP contribution is 2.14. The number of rotatable bonds is 7. The summed E-state index contributed by atoms with van der Waals surface area (Å²) in [7, 11) is -3.42. The third-order valence-corrected chi connectivity index (χ3v) is 4.95. The standard InChI is InChI=1S/C14H21ClN2O3S/c1-4-11(2)17(21(3,19)20)10-14(18)16-9-12-7-5-6-8-13(12)15/h5-8,11H,4,9-10H2,1-3H3,(H,16,18). The lowest BCUT2D eigenvalue weighted by molar-refractivity contribution is -0.121. The van der Waals surface area contributed by atoms with Gasteiger partial charge in [0.1, 0.15) is 0 Å². The van der Waals surface area contributed by atoms with Crippen molar-refractivity contribution in [3.05, 3.63) is 34.9 Å². The van der Waals surface area contributed by atoms with E-state index >= 15 is 0 Å². The second-order valence-electron chi connectivity index (χ2n) is 4.93. The van der Waals surface area contributed by atoms with Crippen LogP contribution in [0.2, 0.25) is 5.02 Å². The van der Waals surface area contributed by atoms with Gasteiger partial charge in [-0.05, 0) is 25.0 Å². The van der Waals surface area contributed by atoms with Crippen LogP contribution in [-0.4, -0.2) is 37.5 Å². The van der Waals surface area contributed by atoms with Gasteiger partial charge in [0, 0.05) is 17.6 Å². The summed E-state index contributed by atoms with van der Waals surface area (Å²) in [6, 6.07) is 6.97. The van der Waals surface area contributed by atoms with Gasteiger partial charge in [0.25, 0.3) is 0 Å². The molecular formula is C14H21ClN2O3S. The number of sulfonamides is 1. The van der Waals surface area contributed by atoms with E-state index in [1.54, 1.807) is 13.0 Å². The quantitative estimate of drug-likeness (QED) is 0.830. The number of nitrogens with zero attached hydrogens (tertiary/aromatic N) is 1. The van der Waals surface area contributed by atoms with Gasteiger partial charge in [-0.15, -0.1) is 0 Å². The van der Waals surface area contributed by atoms with Crippen LogP contribution in [0, 0.1) is 0 Å². The van der Waals surface area contributed by atoms with E-state index in [1.165, 1.54) is 4.31 Å². The van der Waals surface area contributed by atoms with Gasteiger partial charge in [0.15, 0.2) is 0 Å². The predicted molar refractivity (Wildman–Crippen MR) is 84.6 cm³/mol. The van der Waals surface area contributed by atoms with Crippen molar-refractivity contribution < 1.29 is 13.2 Å². The maximum atomic E-state index is 11.9. The summed E-state index contributed by atoms with van der Waals surface area (Å²) in [5, 5.41) is 3.26. The van der Waals surface area contributed by atoms with Crippen LogP contribution >= 0.6 is 11.6 Å². The molecule has 0 aliphatic heterocycles. The summed E-state index contributed by atoms with van der Waals surface area (Å²) in [4.78, 5) is 11.9. The van der Waals surface area contributed by atoms with Crippen LogP contribution in [0.4, 0.5) is 0 Å². The van der Waals surface area contributed by atoms with Crippen molar-refractivity contribution >= 4 is 27.5 Å². The number of nitrogens with one attached hydrogen (secondary N) is 1. The topological polar surface area (TPSA) is 66.5 Å². The highest BCUT2D eigenvalue weighted by molar-refractivity contribution is 7.88. The summed E-state index contributed by atoms with van der Waals surface area (Å²) in [6.07, 6.45) is 1.76. The van der Waals surface area contributed by atoms with Crippen LogP contribution in [-0.2, 0) is 21.4 Å². The Morgan fingerprint density at radius 1 is 1.38 bits per heavy atom. The Morgan fingerprint density at radius 3 is 2.52 bits per heavy atom. The fourth-order valence-electron chi connectivity index (χ4n) is 1.84. The third-order valence-electron chi connectivity index (χ3n) is 3.24. The van der Waals surface area contributed by atoms with Crippen molar-refractivity contribution in [2.24, 2.45) is 0 Å². The number of amides is 1. The van der Waals surface area contributed by atoms with E-state index in [0.29, 0.717) is 11.4 Å². The van der Waals surface area contributed by atoms with Gasteiger partial charge in [-0.1, -0.05) is 36.7 Å². The van der Waals surface area contributed by atoms with Gasteiger partial charge < -0.3 is 5.32 Å². The maximum absolute atomic E-state index is 11.9. The normalized spacial score (nSPS) is 13.2. The molecule has 1 aromatic carbocycles. The van der Waals surface area contributed by atoms with Crippen LogP contribution in [0.15, 0.2) is 24.3 Å². The Labute approximate surface area is 131 Å². The smallest absolute Gasteiger partial charge is 0.235 e. The molecule has 0 heterocycles. The molecule has 5 nitrogen and oxygen atoms in total. The Balaban J connectivity index is 2.65. The lowest BCUT2D eigenvalue weighted by Gasteiger charge is -2.25. The monoisotopic (exact) mass is 332 g/mol. The molecule has 1 atom stereocenters. The van der Waals surface area contributed by atoms with Crippen molar-refractivity contribution in [1.82, 2.24) is 9.62 Å². The summed E-state index contributed by atoms with van der Waals surface area (Å²) >= 11 is 6.00. The van der Waals surface area contributed by atoms with Gasteiger partial charge in [-0.25, -0.2) is 8.42 Å². The largest absolute Gasteiger partial charge is 0.351 e. The molecular weight excluding hydrogens is 312 g/mol. The molecule has 0 fully saturated rings. The number of hydrogen-bond acceptors (Lipinski definition) is 3. The molecule has 1 amide bonds. The fourth-order valence-corrected chi connectivity index (χ4v) is 3.19. The van der Waals surface area contributed by atoms with E-state index in [4.69, 9.17) is 11.6 Å². The number of carbonyl (C=O) groups is 1. The van der Waals surface area contributed by atoms with Crippen molar-refractivity contribution in [3.8, 4) is 0 Å². The number of carbonyl (C=O) groups excluding carboxylic acids is 1. The minimum absolute atomic E-state index is 0.182. The molecule has 118 valence electrons. The molecule has 0 saturated carbocycles. The third kappa shape index (κ3) is 5.65. The molecule has 0 aromatic heterocycles. The zero-order chi connectivity index (χ0) is 16.0. The fraction of sp³-hybridized carbons (Fsp3) is 0.500. The first-order chi connectivity index (χ1) is 9.75. The maximum Gasteiger partial charge on any atom is 0.235 e. The van der Waals surface area contributed by atoms with Crippen molar-refractivity contribution in [3.63, 3.8) is 0 Å². The van der Waals surface area contributed by atoms with Gasteiger partial charge in [0.2, 0.25) is 15.9 Å². The minimum Gasteiger partial charge on any atom is -0.351 e. The molecule has 0 saturated heterocycles. The van der Waals surface area contributed by atoms with Gasteiger partial charge in [-0.2, -0.15) is 4.31 Å². The van der Waals surface area contributed by atoms with Gasteiger partial charge in [0.05, 0.1) is 12.8 Å². The molecule has 0 spiro atoms. The first-order valence-electron chi connectivity index (χ1n) is 6.72. The van der Waals surface area contributed by atoms with Crippen LogP contribution in [0.1, 0.15) is 25.8 Å². The number of halogens is 1. The Morgan fingerprint density at radius 2 is 2.00 bits per heavy atom. The van der Waals surface area contributed by atoms with Crippen molar-refractivity contribution in [2.75, 3.05) is 12.8 Å². The Hall–Kier alpha value is -1.11. The lowest BCUT2D eigenvalue weighted by atomic mass is 10.2. The SMILES string of the molecule is CCC(C)N(CC(=O)NCc1ccccc1Cl)S(C)(=O)=O. The molecule has 1 unspecified atom stereocenters. The zero-order valence-corrected chi connectivity index (χ0v) is 14.0. The second kappa shape index (κ2) is 7.77. The van der Waals surface area contributed by atoms with Crippen LogP contribution in [0.3, 0.4) is 0 Å². The average molecular weight is 333 g/mol. The van der Waals surface area contributed by atoms with Crippen LogP contribution in [0.5, 0.6) is 0 Å². The molecule has 0 aliphatic rings. The minimum atomic E-state index is -3.42. The number of hydrogen-bond donors (Lipinski definition) is 1. The predicted octanol–water partition coefficient (Wildman–Crippen LogP) is 2.02. The van der Waals surface area contributed by atoms with Gasteiger partial charge >= 0.3 is 0 Å². The Bertz CT molecular complexity index is 590. The van der Waals surface area contributed by atoms with Crippen LogP contribution < -0.4 is 5.32 Å². The molecule has 7 heteroatoms. The Kier molecular flexibility index (Phi) is 6.64. The molecule has 0 radical (unpaired) electrons. The summed E-state index contributed by atoms with van der Waals surface area (Å²) in [6.45, 7) is 3.75. The number of benzene rings is 1. The summed E-state index contributed by atoms with van der Waals surface area (Å²) in [5.41, 5.74) is 0.793. The van der Waals surface area contributed by atoms with E-state index in [9.17, 15) is 13.2 Å². The second-order valence-corrected chi connectivity index (χ2v) is 7.28. The van der Waals surface area contributed by atoms with E-state index in [-0.39, 0.29) is 25.0 Å². The van der Waals surface area contributed by atoms with E-state index in [1.807, 2.05) is 25.1 Å². The molecule has 1 rings (SSSR count). The molecule has 0 bridgehead atoms. The highest BCUT2D eigenvalue weighted by atomic mass is 35.5. The molecule has 0 aliphatic carbocycles. The lowest BCUT2D eigenvalue weighted by Crippen LogP contribution is -2.44. The van der Waals surface area contributed by atoms with Gasteiger partial charge in [-0.3, -0.25) is 4.79 Å². The average Bonchev–Trinajstić information content (AvgIpc) is 2.42. The van der Waals surface area contributed by atoms with E-state index < -0.39 is 10.0 Å². The zero-order valence-electron chi connectivity index (χ0n) is 12.5. The summed E-state index contributed by atoms with van der Waals surface area (Å²) < 4.78 is 24.6. The first kappa shape index (κ1) is 17.9. The molecule has 1 aromatic rings. The van der Waals surface area contributed by atoms with Crippen LogP contribution in [0.25, 0.3) is 0 Å². The van der Waals surface area contributed by atoms with Crippen molar-refractivity contribution in [1.29, 1.82) is 0 Å². The van der Waals surface area contributed by atoms with E-state index in [2.05, 4.69) is 5.32 Å².